The minimum atomic E-state index is -4.94. The van der Waals surface area contributed by atoms with Crippen LogP contribution in [0.3, 0.4) is 0 Å². The molecule has 0 fully saturated rings. The number of nitrogens with one attached hydrogen (secondary N) is 1. The number of aryl methyl sites for hydroxylation is 1. The highest BCUT2D eigenvalue weighted by atomic mass is 35.7. The summed E-state index contributed by atoms with van der Waals surface area (Å²) in [6.07, 6.45) is 11.0. The summed E-state index contributed by atoms with van der Waals surface area (Å²) in [5.74, 6) is 1.27. The molecule has 0 saturated heterocycles. The first-order valence-electron chi connectivity index (χ1n) is 7.46. The molecule has 0 amide bonds. The van der Waals surface area contributed by atoms with Gasteiger partial charge in [0.2, 0.25) is 5.71 Å². The molecule has 136 valence electrons. The van der Waals surface area contributed by atoms with Crippen LogP contribution in [0.15, 0.2) is 59.9 Å². The van der Waals surface area contributed by atoms with Crippen molar-refractivity contribution in [1.82, 2.24) is 0 Å². The maximum absolute atomic E-state index is 12.5. The van der Waals surface area contributed by atoms with Crippen LogP contribution in [-0.4, -0.2) is 18.5 Å². The van der Waals surface area contributed by atoms with E-state index in [9.17, 15) is 4.79 Å². The van der Waals surface area contributed by atoms with Crippen molar-refractivity contribution in [3.05, 3.63) is 71.0 Å². The largest absolute Gasteiger partial charge is 0.456 e. The number of hydrogen-bond acceptors (Lipinski definition) is 6. The van der Waals surface area contributed by atoms with Gasteiger partial charge in [-0.05, 0) is 37.3 Å². The summed E-state index contributed by atoms with van der Waals surface area (Å²) in [4.78, 5) is 15.4. The van der Waals surface area contributed by atoms with Crippen LogP contribution < -0.4 is 28.4 Å². The van der Waals surface area contributed by atoms with Crippen molar-refractivity contribution in [2.75, 3.05) is 7.05 Å². The van der Waals surface area contributed by atoms with Gasteiger partial charge in [-0.1, -0.05) is 23.8 Å². The lowest BCUT2D eigenvalue weighted by Crippen LogP contribution is -2.69. The quantitative estimate of drug-likeness (QED) is 0.472. The number of allylic oxidation sites excluding steroid dienone is 6. The SMILES string of the molecule is C[NH+]=C1C=CC=C/C(=C2\C=Cc3cc(C)ccc3O2)C1=O.[O-][Cl+3]([O-])([O-])[O-]. The van der Waals surface area contributed by atoms with E-state index in [-0.39, 0.29) is 5.78 Å². The number of Topliss-reactive ketones (excluding diaryl/α,β-unsaturated/α-hetero) is 1. The first-order valence-corrected chi connectivity index (χ1v) is 8.69. The van der Waals surface area contributed by atoms with Gasteiger partial charge in [0.1, 0.15) is 18.6 Å². The van der Waals surface area contributed by atoms with Crippen LogP contribution in [0.25, 0.3) is 6.08 Å². The number of benzene rings is 1. The summed E-state index contributed by atoms with van der Waals surface area (Å²) in [7, 11) is -3.21. The molecule has 0 unspecified atom stereocenters. The van der Waals surface area contributed by atoms with Gasteiger partial charge < -0.3 is 4.74 Å². The molecular weight excluding hydrogens is 362 g/mol. The number of ketones is 1. The number of carbonyl (C=O) groups is 1. The Morgan fingerprint density at radius 3 is 2.31 bits per heavy atom. The van der Waals surface area contributed by atoms with Crippen molar-refractivity contribution in [3.63, 3.8) is 0 Å². The standard InChI is InChI=1S/C18H15NO2.ClHO4/c1-12-7-9-16-13(11-12)8-10-17(21-16)14-5-3-4-6-15(19-2)18(14)20;2-1(3,4)5/h3-11H,1-2H3;(H,2,3,4,5)/b17-14-,19-15?;. The van der Waals surface area contributed by atoms with Crippen molar-refractivity contribution >= 4 is 17.6 Å². The van der Waals surface area contributed by atoms with Crippen LogP contribution in [0.5, 0.6) is 5.75 Å². The fraction of sp³-hybridized carbons (Fsp3) is 0.111. The molecule has 1 aliphatic heterocycles. The van der Waals surface area contributed by atoms with Crippen molar-refractivity contribution < 1.29 is 43.4 Å². The van der Waals surface area contributed by atoms with Crippen molar-refractivity contribution in [2.45, 2.75) is 6.92 Å². The number of carbonyl (C=O) groups excluding carboxylic acids is 1. The molecule has 1 N–H and O–H groups in total. The topological polar surface area (TPSA) is 133 Å². The van der Waals surface area contributed by atoms with E-state index in [2.05, 4.69) is 11.1 Å². The highest BCUT2D eigenvalue weighted by Crippen LogP contribution is 2.30. The molecule has 2 aliphatic rings. The number of halogens is 1. The van der Waals surface area contributed by atoms with E-state index in [1.165, 1.54) is 5.56 Å². The Kier molecular flexibility index (Phi) is 6.25. The molecule has 7 nitrogen and oxygen atoms in total. The van der Waals surface area contributed by atoms with E-state index >= 15 is 0 Å². The van der Waals surface area contributed by atoms with Crippen LogP contribution in [-0.2, 0) is 4.79 Å². The van der Waals surface area contributed by atoms with Crippen LogP contribution in [0.2, 0.25) is 0 Å². The van der Waals surface area contributed by atoms with Crippen LogP contribution in [0.1, 0.15) is 11.1 Å². The van der Waals surface area contributed by atoms with Gasteiger partial charge in [-0.3, -0.25) is 4.79 Å². The third-order valence-electron chi connectivity index (χ3n) is 3.46. The lowest BCUT2D eigenvalue weighted by molar-refractivity contribution is -2.00. The Hall–Kier alpha value is -2.55. The molecule has 1 aromatic rings. The molecule has 3 rings (SSSR count). The lowest BCUT2D eigenvalue weighted by Gasteiger charge is -2.17. The van der Waals surface area contributed by atoms with Gasteiger partial charge in [0.25, 0.3) is 5.78 Å². The van der Waals surface area contributed by atoms with Crippen molar-refractivity contribution in [2.24, 2.45) is 0 Å². The van der Waals surface area contributed by atoms with Gasteiger partial charge in [-0.2, -0.15) is 0 Å². The molecular formula is C18H16ClNO6. The zero-order valence-corrected chi connectivity index (χ0v) is 14.8. The Bertz CT molecular complexity index is 853. The van der Waals surface area contributed by atoms with Gasteiger partial charge in [0, 0.05) is 11.6 Å². The van der Waals surface area contributed by atoms with Gasteiger partial charge in [0.15, 0.2) is 0 Å². The average molecular weight is 378 g/mol. The zero-order valence-electron chi connectivity index (χ0n) is 14.0. The summed E-state index contributed by atoms with van der Waals surface area (Å²) in [6, 6.07) is 5.99. The Labute approximate surface area is 152 Å². The predicted molar refractivity (Wildman–Crippen MR) is 83.0 cm³/mol. The van der Waals surface area contributed by atoms with E-state index in [4.69, 9.17) is 23.4 Å². The number of ether oxygens (including phenoxy) is 1. The molecule has 0 bridgehead atoms. The van der Waals surface area contributed by atoms with Gasteiger partial charge in [-0.15, -0.1) is 10.2 Å². The first-order chi connectivity index (χ1) is 12.2. The molecule has 0 spiro atoms. The molecule has 1 heterocycles. The van der Waals surface area contributed by atoms with Crippen molar-refractivity contribution in [1.29, 1.82) is 0 Å². The number of hydrogen-bond donors (Lipinski definition) is 1. The Balaban J connectivity index is 0.000000431. The Morgan fingerprint density at radius 2 is 1.65 bits per heavy atom. The third kappa shape index (κ3) is 5.48. The summed E-state index contributed by atoms with van der Waals surface area (Å²) < 4.78 is 39.9. The summed E-state index contributed by atoms with van der Waals surface area (Å²) in [6.45, 7) is 2.04. The number of fused-ring (bicyclic) bond motifs is 1. The fourth-order valence-corrected chi connectivity index (χ4v) is 2.34. The third-order valence-corrected chi connectivity index (χ3v) is 3.46. The van der Waals surface area contributed by atoms with Gasteiger partial charge in [0.05, 0.1) is 5.57 Å². The fourth-order valence-electron chi connectivity index (χ4n) is 2.34. The molecule has 0 aromatic heterocycles. The van der Waals surface area contributed by atoms with E-state index < -0.39 is 10.2 Å². The highest BCUT2D eigenvalue weighted by Gasteiger charge is 2.24. The van der Waals surface area contributed by atoms with Gasteiger partial charge in [-0.25, -0.2) is 23.6 Å². The van der Waals surface area contributed by atoms with E-state index in [1.807, 2.05) is 43.4 Å². The minimum absolute atomic E-state index is 0.0716. The normalized spacial score (nSPS) is 20.2. The number of rotatable bonds is 0. The van der Waals surface area contributed by atoms with Crippen LogP contribution in [0.4, 0.5) is 0 Å². The smallest absolute Gasteiger partial charge is 0.259 e. The molecule has 1 aromatic carbocycles. The molecule has 26 heavy (non-hydrogen) atoms. The molecule has 0 saturated carbocycles. The van der Waals surface area contributed by atoms with Crippen LogP contribution in [0, 0.1) is 17.2 Å². The molecule has 0 atom stereocenters. The second kappa shape index (κ2) is 8.22. The van der Waals surface area contributed by atoms with Crippen molar-refractivity contribution in [3.8, 4) is 5.75 Å². The molecule has 1 aliphatic carbocycles. The first kappa shape index (κ1) is 19.8. The monoisotopic (exact) mass is 377 g/mol. The van der Waals surface area contributed by atoms with Crippen LogP contribution >= 0.6 is 0 Å². The zero-order chi connectivity index (χ0) is 19.3. The highest BCUT2D eigenvalue weighted by molar-refractivity contribution is 6.48. The summed E-state index contributed by atoms with van der Waals surface area (Å²) >= 11 is 0. The molecule has 8 heteroatoms. The lowest BCUT2D eigenvalue weighted by atomic mass is 10.0. The van der Waals surface area contributed by atoms with E-state index in [0.717, 1.165) is 11.3 Å². The minimum Gasteiger partial charge on any atom is -0.456 e. The second-order valence-electron chi connectivity index (χ2n) is 5.34. The average Bonchev–Trinajstić information content (AvgIpc) is 2.74. The second-order valence-corrected chi connectivity index (χ2v) is 6.10. The molecule has 0 radical (unpaired) electrons. The summed E-state index contributed by atoms with van der Waals surface area (Å²) in [5, 5.41) is 0. The van der Waals surface area contributed by atoms with Gasteiger partial charge >= 0.3 is 0 Å². The Morgan fingerprint density at radius 1 is 1.00 bits per heavy atom. The van der Waals surface area contributed by atoms with E-state index in [1.54, 1.807) is 19.2 Å². The predicted octanol–water partition coefficient (Wildman–Crippen LogP) is -3.25. The maximum atomic E-state index is 12.5. The summed E-state index contributed by atoms with van der Waals surface area (Å²) in [5.41, 5.74) is 3.31. The van der Waals surface area contributed by atoms with E-state index in [0.29, 0.717) is 17.0 Å². The maximum Gasteiger partial charge on any atom is 0.259 e.